The molecule has 0 bridgehead atoms. The standard InChI is InChI=1S/C15H31NO6Si/c1-14(2,3)21-13(19)22-16(11(10-17)12(18)20-7)23(8,9)15(4,5)6/h11,17H,10H2,1-9H3/t11-/m1/s1. The number of aliphatic hydroxyl groups is 1. The fourth-order valence-electron chi connectivity index (χ4n) is 1.63. The quantitative estimate of drug-likeness (QED) is 0.464. The zero-order valence-corrected chi connectivity index (χ0v) is 16.7. The molecule has 1 N–H and O–H groups in total. The van der Waals surface area contributed by atoms with Crippen LogP contribution in [-0.4, -0.2) is 55.6 Å². The summed E-state index contributed by atoms with van der Waals surface area (Å²) >= 11 is 0. The van der Waals surface area contributed by atoms with Crippen LogP contribution in [0.3, 0.4) is 0 Å². The van der Waals surface area contributed by atoms with Crippen molar-refractivity contribution in [1.82, 2.24) is 4.73 Å². The van der Waals surface area contributed by atoms with Crippen LogP contribution in [0.2, 0.25) is 18.1 Å². The minimum atomic E-state index is -2.49. The molecule has 0 unspecified atom stereocenters. The average molecular weight is 350 g/mol. The Bertz CT molecular complexity index is 425. The molecule has 0 heterocycles. The van der Waals surface area contributed by atoms with Crippen molar-refractivity contribution in [2.24, 2.45) is 0 Å². The first-order valence-electron chi connectivity index (χ1n) is 7.56. The molecule has 0 saturated carbocycles. The minimum absolute atomic E-state index is 0.240. The van der Waals surface area contributed by atoms with Crippen molar-refractivity contribution in [1.29, 1.82) is 0 Å². The van der Waals surface area contributed by atoms with E-state index in [2.05, 4.69) is 0 Å². The van der Waals surface area contributed by atoms with Crippen LogP contribution in [0.5, 0.6) is 0 Å². The smallest absolute Gasteiger partial charge is 0.468 e. The van der Waals surface area contributed by atoms with Crippen molar-refractivity contribution in [2.75, 3.05) is 13.7 Å². The topological polar surface area (TPSA) is 85.3 Å². The van der Waals surface area contributed by atoms with E-state index in [0.29, 0.717) is 0 Å². The van der Waals surface area contributed by atoms with Crippen molar-refractivity contribution in [3.05, 3.63) is 0 Å². The lowest BCUT2D eigenvalue weighted by molar-refractivity contribution is -0.167. The van der Waals surface area contributed by atoms with Crippen LogP contribution in [0, 0.1) is 0 Å². The fourth-order valence-corrected chi connectivity index (χ4v) is 3.56. The third-order valence-electron chi connectivity index (χ3n) is 3.88. The zero-order valence-electron chi connectivity index (χ0n) is 15.7. The maximum Gasteiger partial charge on any atom is 0.527 e. The highest BCUT2D eigenvalue weighted by atomic mass is 28.3. The van der Waals surface area contributed by atoms with E-state index in [0.717, 1.165) is 0 Å². The summed E-state index contributed by atoms with van der Waals surface area (Å²) in [5.74, 6) is -0.666. The van der Waals surface area contributed by atoms with E-state index in [9.17, 15) is 14.7 Å². The predicted molar refractivity (Wildman–Crippen MR) is 89.2 cm³/mol. The number of nitrogens with zero attached hydrogens (tertiary/aromatic N) is 1. The fraction of sp³-hybridized carbons (Fsp3) is 0.867. The predicted octanol–water partition coefficient (Wildman–Crippen LogP) is 2.69. The van der Waals surface area contributed by atoms with Gasteiger partial charge < -0.3 is 19.4 Å². The van der Waals surface area contributed by atoms with Gasteiger partial charge in [0, 0.05) is 0 Å². The second-order valence-corrected chi connectivity index (χ2v) is 13.0. The summed E-state index contributed by atoms with van der Waals surface area (Å²) in [4.78, 5) is 29.4. The van der Waals surface area contributed by atoms with Gasteiger partial charge in [0.05, 0.1) is 13.7 Å². The zero-order chi connectivity index (χ0) is 18.6. The van der Waals surface area contributed by atoms with E-state index in [1.54, 1.807) is 20.8 Å². The third-order valence-corrected chi connectivity index (χ3v) is 9.05. The van der Waals surface area contributed by atoms with Crippen LogP contribution in [0.15, 0.2) is 0 Å². The Morgan fingerprint density at radius 3 is 1.91 bits per heavy atom. The molecule has 23 heavy (non-hydrogen) atoms. The second kappa shape index (κ2) is 7.63. The van der Waals surface area contributed by atoms with Crippen LogP contribution in [0.1, 0.15) is 41.5 Å². The Hall–Kier alpha value is -1.12. The SMILES string of the molecule is COC(=O)[C@@H](CO)N(OC(=O)OC(C)(C)C)[Si](C)(C)C(C)(C)C. The average Bonchev–Trinajstić information content (AvgIpc) is 2.34. The Morgan fingerprint density at radius 1 is 1.13 bits per heavy atom. The number of esters is 1. The normalized spacial score (nSPS) is 14.4. The summed E-state index contributed by atoms with van der Waals surface area (Å²) in [6.45, 7) is 14.5. The summed E-state index contributed by atoms with van der Waals surface area (Å²) in [5, 5.41) is 9.38. The van der Waals surface area contributed by atoms with Crippen molar-refractivity contribution in [2.45, 2.75) is 71.3 Å². The lowest BCUT2D eigenvalue weighted by Gasteiger charge is -2.45. The number of rotatable bonds is 5. The summed E-state index contributed by atoms with van der Waals surface area (Å²) < 4.78 is 11.2. The number of methoxy groups -OCH3 is 1. The van der Waals surface area contributed by atoms with E-state index in [1.165, 1.54) is 11.8 Å². The molecule has 0 amide bonds. The van der Waals surface area contributed by atoms with Gasteiger partial charge in [-0.05, 0) is 25.8 Å². The van der Waals surface area contributed by atoms with Crippen LogP contribution in [-0.2, 0) is 19.1 Å². The molecule has 0 aliphatic carbocycles. The van der Waals surface area contributed by atoms with E-state index in [1.807, 2.05) is 33.9 Å². The van der Waals surface area contributed by atoms with Crippen molar-refractivity contribution in [3.8, 4) is 0 Å². The molecule has 0 aromatic rings. The Morgan fingerprint density at radius 2 is 1.61 bits per heavy atom. The summed E-state index contributed by atoms with van der Waals surface area (Å²) in [5.41, 5.74) is -0.726. The first kappa shape index (κ1) is 21.9. The molecule has 0 rings (SSSR count). The molecular weight excluding hydrogens is 318 g/mol. The largest absolute Gasteiger partial charge is 0.527 e. The van der Waals surface area contributed by atoms with E-state index >= 15 is 0 Å². The van der Waals surface area contributed by atoms with Crippen molar-refractivity contribution >= 4 is 20.4 Å². The molecule has 8 heteroatoms. The number of aliphatic hydroxyl groups excluding tert-OH is 1. The molecule has 0 aliphatic rings. The number of hydroxylamine groups is 1. The lowest BCUT2D eigenvalue weighted by atomic mass is 10.2. The van der Waals surface area contributed by atoms with Gasteiger partial charge in [-0.1, -0.05) is 33.9 Å². The highest BCUT2D eigenvalue weighted by Gasteiger charge is 2.49. The highest BCUT2D eigenvalue weighted by molar-refractivity contribution is 6.77. The van der Waals surface area contributed by atoms with Crippen molar-refractivity contribution < 1.29 is 29.0 Å². The number of hydrogen-bond acceptors (Lipinski definition) is 7. The van der Waals surface area contributed by atoms with Gasteiger partial charge in [-0.25, -0.2) is 4.79 Å². The number of carbonyl (C=O) groups is 2. The van der Waals surface area contributed by atoms with Crippen LogP contribution in [0.4, 0.5) is 4.79 Å². The molecule has 7 nitrogen and oxygen atoms in total. The molecule has 1 atom stereocenters. The van der Waals surface area contributed by atoms with E-state index < -0.39 is 38.6 Å². The molecule has 0 radical (unpaired) electrons. The summed E-state index contributed by atoms with van der Waals surface area (Å²) in [6, 6.07) is -1.09. The van der Waals surface area contributed by atoms with Gasteiger partial charge in [0.25, 0.3) is 0 Å². The maximum atomic E-state index is 12.1. The molecule has 0 fully saturated rings. The highest BCUT2D eigenvalue weighted by Crippen LogP contribution is 2.39. The molecule has 0 aromatic carbocycles. The third kappa shape index (κ3) is 6.12. The van der Waals surface area contributed by atoms with Crippen molar-refractivity contribution in [3.63, 3.8) is 0 Å². The Kier molecular flexibility index (Phi) is 7.26. The summed E-state index contributed by atoms with van der Waals surface area (Å²) in [7, 11) is -1.26. The van der Waals surface area contributed by atoms with Crippen LogP contribution < -0.4 is 0 Å². The van der Waals surface area contributed by atoms with Gasteiger partial charge in [-0.3, -0.25) is 4.79 Å². The number of carbonyl (C=O) groups excluding carboxylic acids is 2. The second-order valence-electron chi connectivity index (χ2n) is 7.91. The summed E-state index contributed by atoms with van der Waals surface area (Å²) in [6.07, 6.45) is -0.912. The molecule has 0 aromatic heterocycles. The maximum absolute atomic E-state index is 12.1. The van der Waals surface area contributed by atoms with Crippen LogP contribution >= 0.6 is 0 Å². The molecule has 0 spiro atoms. The van der Waals surface area contributed by atoms with E-state index in [4.69, 9.17) is 14.3 Å². The van der Waals surface area contributed by atoms with Gasteiger partial charge in [0.1, 0.15) is 5.60 Å². The lowest BCUT2D eigenvalue weighted by Crippen LogP contribution is -2.62. The molecule has 0 aliphatic heterocycles. The molecule has 0 saturated heterocycles. The number of ether oxygens (including phenoxy) is 2. The monoisotopic (exact) mass is 349 g/mol. The first-order chi connectivity index (χ1) is 10.2. The van der Waals surface area contributed by atoms with Gasteiger partial charge in [-0.2, -0.15) is 0 Å². The molecule has 136 valence electrons. The van der Waals surface area contributed by atoms with Gasteiger partial charge in [-0.15, -0.1) is 4.73 Å². The minimum Gasteiger partial charge on any atom is -0.468 e. The van der Waals surface area contributed by atoms with Gasteiger partial charge >= 0.3 is 12.1 Å². The Labute approximate surface area is 139 Å². The number of hydrogen-bond donors (Lipinski definition) is 1. The first-order valence-corrected chi connectivity index (χ1v) is 10.5. The van der Waals surface area contributed by atoms with E-state index in [-0.39, 0.29) is 5.04 Å². The Balaban J connectivity index is 5.64. The van der Waals surface area contributed by atoms with Gasteiger partial charge in [0.2, 0.25) is 0 Å². The van der Waals surface area contributed by atoms with Crippen LogP contribution in [0.25, 0.3) is 0 Å². The van der Waals surface area contributed by atoms with Gasteiger partial charge in [0.15, 0.2) is 14.3 Å². The molecular formula is C15H31NO6Si.